The minimum Gasteiger partial charge on any atom is -0.389 e. The molecule has 80 valence electrons. The van der Waals surface area contributed by atoms with Gasteiger partial charge in [0.25, 0.3) is 0 Å². The summed E-state index contributed by atoms with van der Waals surface area (Å²) >= 11 is 0. The quantitative estimate of drug-likeness (QED) is 0.504. The lowest BCUT2D eigenvalue weighted by Crippen LogP contribution is -2.31. The molecule has 0 aromatic heterocycles. The van der Waals surface area contributed by atoms with Crippen molar-refractivity contribution in [2.75, 3.05) is 40.0 Å². The first kappa shape index (κ1) is 12.8. The third-order valence-electron chi connectivity index (χ3n) is 1.60. The molecule has 0 aliphatic rings. The molecule has 4 nitrogen and oxygen atoms in total. The summed E-state index contributed by atoms with van der Waals surface area (Å²) in [5, 5.41) is 12.4. The second-order valence-electron chi connectivity index (χ2n) is 2.86. The Balaban J connectivity index is 3.03. The maximum absolute atomic E-state index is 9.32. The Kier molecular flexibility index (Phi) is 9.80. The highest BCUT2D eigenvalue weighted by molar-refractivity contribution is 4.57. The average molecular weight is 191 g/mol. The molecule has 0 amide bonds. The Labute approximate surface area is 80.2 Å². The maximum Gasteiger partial charge on any atom is 0.0897 e. The van der Waals surface area contributed by atoms with Gasteiger partial charge in [-0.05, 0) is 19.9 Å². The van der Waals surface area contributed by atoms with Crippen LogP contribution in [0.15, 0.2) is 0 Å². The standard InChI is InChI=1S/C9H21NO3/c1-3-13-8-9(11)7-10-5-4-6-12-2/h9-11H,3-8H2,1-2H3. The van der Waals surface area contributed by atoms with Gasteiger partial charge in [-0.1, -0.05) is 0 Å². The average Bonchev–Trinajstić information content (AvgIpc) is 2.14. The van der Waals surface area contributed by atoms with Crippen molar-refractivity contribution in [1.82, 2.24) is 5.32 Å². The lowest BCUT2D eigenvalue weighted by atomic mass is 10.3. The van der Waals surface area contributed by atoms with Crippen LogP contribution in [0.5, 0.6) is 0 Å². The highest BCUT2D eigenvalue weighted by atomic mass is 16.5. The molecule has 0 fully saturated rings. The molecule has 1 unspecified atom stereocenters. The summed E-state index contributed by atoms with van der Waals surface area (Å²) in [6, 6.07) is 0. The molecule has 1 atom stereocenters. The largest absolute Gasteiger partial charge is 0.389 e. The minimum absolute atomic E-state index is 0.400. The molecule has 0 rings (SSSR count). The molecule has 0 aromatic rings. The zero-order valence-electron chi connectivity index (χ0n) is 8.58. The van der Waals surface area contributed by atoms with E-state index in [0.717, 1.165) is 19.6 Å². The van der Waals surface area contributed by atoms with Crippen molar-refractivity contribution >= 4 is 0 Å². The monoisotopic (exact) mass is 191 g/mol. The highest BCUT2D eigenvalue weighted by Crippen LogP contribution is 1.84. The van der Waals surface area contributed by atoms with E-state index in [9.17, 15) is 5.11 Å². The van der Waals surface area contributed by atoms with E-state index in [0.29, 0.717) is 19.8 Å². The summed E-state index contributed by atoms with van der Waals surface area (Å²) in [6.45, 7) is 5.20. The van der Waals surface area contributed by atoms with Gasteiger partial charge in [0.2, 0.25) is 0 Å². The number of methoxy groups -OCH3 is 1. The predicted molar refractivity (Wildman–Crippen MR) is 51.9 cm³/mol. The van der Waals surface area contributed by atoms with Gasteiger partial charge in [-0.25, -0.2) is 0 Å². The fourth-order valence-electron chi connectivity index (χ4n) is 0.923. The molecule has 0 saturated carbocycles. The zero-order chi connectivity index (χ0) is 9.94. The van der Waals surface area contributed by atoms with E-state index in [1.807, 2.05) is 6.92 Å². The molecule has 4 heteroatoms. The molecule has 13 heavy (non-hydrogen) atoms. The molecule has 0 heterocycles. The van der Waals surface area contributed by atoms with Crippen LogP contribution in [-0.2, 0) is 9.47 Å². The van der Waals surface area contributed by atoms with Crippen molar-refractivity contribution in [3.05, 3.63) is 0 Å². The zero-order valence-corrected chi connectivity index (χ0v) is 8.58. The van der Waals surface area contributed by atoms with Gasteiger partial charge in [0.15, 0.2) is 0 Å². The van der Waals surface area contributed by atoms with Crippen molar-refractivity contribution in [2.24, 2.45) is 0 Å². The molecule has 0 aliphatic carbocycles. The van der Waals surface area contributed by atoms with Crippen molar-refractivity contribution < 1.29 is 14.6 Å². The minimum atomic E-state index is -0.400. The van der Waals surface area contributed by atoms with Crippen molar-refractivity contribution in [2.45, 2.75) is 19.4 Å². The molecule has 0 radical (unpaired) electrons. The fraction of sp³-hybridized carbons (Fsp3) is 1.00. The van der Waals surface area contributed by atoms with Crippen LogP contribution < -0.4 is 5.32 Å². The smallest absolute Gasteiger partial charge is 0.0897 e. The molecule has 0 spiro atoms. The van der Waals surface area contributed by atoms with E-state index in [1.54, 1.807) is 7.11 Å². The number of nitrogens with one attached hydrogen (secondary N) is 1. The Hall–Kier alpha value is -0.160. The van der Waals surface area contributed by atoms with E-state index in [-0.39, 0.29) is 0 Å². The number of rotatable bonds is 9. The molecule has 0 saturated heterocycles. The van der Waals surface area contributed by atoms with Crippen molar-refractivity contribution in [3.63, 3.8) is 0 Å². The topological polar surface area (TPSA) is 50.7 Å². The second-order valence-corrected chi connectivity index (χ2v) is 2.86. The normalized spacial score (nSPS) is 13.2. The predicted octanol–water partition coefficient (Wildman–Crippen LogP) is 0.00990. The van der Waals surface area contributed by atoms with Crippen LogP contribution in [0.4, 0.5) is 0 Å². The van der Waals surface area contributed by atoms with Gasteiger partial charge < -0.3 is 19.9 Å². The summed E-state index contributed by atoms with van der Waals surface area (Å²) in [5.74, 6) is 0. The van der Waals surface area contributed by atoms with Gasteiger partial charge in [0.1, 0.15) is 0 Å². The second kappa shape index (κ2) is 9.92. The van der Waals surface area contributed by atoms with Gasteiger partial charge in [0, 0.05) is 26.9 Å². The van der Waals surface area contributed by atoms with Crippen molar-refractivity contribution in [3.8, 4) is 0 Å². The summed E-state index contributed by atoms with van der Waals surface area (Å²) in [6.07, 6.45) is 0.570. The van der Waals surface area contributed by atoms with Gasteiger partial charge in [-0.15, -0.1) is 0 Å². The van der Waals surface area contributed by atoms with E-state index < -0.39 is 6.10 Å². The van der Waals surface area contributed by atoms with Crippen LogP contribution in [0, 0.1) is 0 Å². The van der Waals surface area contributed by atoms with E-state index in [1.165, 1.54) is 0 Å². The van der Waals surface area contributed by atoms with Crippen LogP contribution in [0.3, 0.4) is 0 Å². The van der Waals surface area contributed by atoms with Crippen LogP contribution in [0.25, 0.3) is 0 Å². The van der Waals surface area contributed by atoms with Crippen LogP contribution in [0.1, 0.15) is 13.3 Å². The van der Waals surface area contributed by atoms with Crippen LogP contribution in [-0.4, -0.2) is 51.2 Å². The Morgan fingerprint density at radius 1 is 1.46 bits per heavy atom. The molecule has 0 bridgehead atoms. The maximum atomic E-state index is 9.32. The number of hydrogen-bond acceptors (Lipinski definition) is 4. The number of hydrogen-bond donors (Lipinski definition) is 2. The summed E-state index contributed by atoms with van der Waals surface area (Å²) < 4.78 is 9.95. The lowest BCUT2D eigenvalue weighted by Gasteiger charge is -2.11. The third-order valence-corrected chi connectivity index (χ3v) is 1.60. The Morgan fingerprint density at radius 2 is 2.23 bits per heavy atom. The van der Waals surface area contributed by atoms with Crippen LogP contribution >= 0.6 is 0 Å². The molecule has 0 aliphatic heterocycles. The van der Waals surface area contributed by atoms with Gasteiger partial charge >= 0.3 is 0 Å². The van der Waals surface area contributed by atoms with Gasteiger partial charge in [0.05, 0.1) is 12.7 Å². The molecular weight excluding hydrogens is 170 g/mol. The Morgan fingerprint density at radius 3 is 2.85 bits per heavy atom. The summed E-state index contributed by atoms with van der Waals surface area (Å²) in [7, 11) is 1.68. The number of ether oxygens (including phenoxy) is 2. The lowest BCUT2D eigenvalue weighted by molar-refractivity contribution is 0.0427. The molecule has 2 N–H and O–H groups in total. The van der Waals surface area contributed by atoms with Gasteiger partial charge in [-0.3, -0.25) is 0 Å². The number of aliphatic hydroxyl groups is 1. The van der Waals surface area contributed by atoms with E-state index in [4.69, 9.17) is 9.47 Å². The third kappa shape index (κ3) is 9.76. The van der Waals surface area contributed by atoms with Crippen LogP contribution in [0.2, 0.25) is 0 Å². The first-order valence-electron chi connectivity index (χ1n) is 4.76. The highest BCUT2D eigenvalue weighted by Gasteiger charge is 2.01. The first-order valence-corrected chi connectivity index (χ1v) is 4.76. The van der Waals surface area contributed by atoms with Gasteiger partial charge in [-0.2, -0.15) is 0 Å². The number of aliphatic hydroxyl groups excluding tert-OH is 1. The summed E-state index contributed by atoms with van der Waals surface area (Å²) in [5.41, 5.74) is 0. The SMILES string of the molecule is CCOCC(O)CNCCCOC. The Bertz CT molecular complexity index is 101. The van der Waals surface area contributed by atoms with Crippen molar-refractivity contribution in [1.29, 1.82) is 0 Å². The van der Waals surface area contributed by atoms with E-state index >= 15 is 0 Å². The van der Waals surface area contributed by atoms with E-state index in [2.05, 4.69) is 5.32 Å². The molecular formula is C9H21NO3. The summed E-state index contributed by atoms with van der Waals surface area (Å²) in [4.78, 5) is 0. The fourth-order valence-corrected chi connectivity index (χ4v) is 0.923. The molecule has 0 aromatic carbocycles. The first-order chi connectivity index (χ1) is 6.31.